The van der Waals surface area contributed by atoms with Crippen LogP contribution in [-0.2, 0) is 11.3 Å². The minimum Gasteiger partial charge on any atom is -0.461 e. The van der Waals surface area contributed by atoms with Crippen LogP contribution in [-0.4, -0.2) is 27.6 Å². The highest BCUT2D eigenvalue weighted by Gasteiger charge is 2.18. The Morgan fingerprint density at radius 2 is 2.08 bits per heavy atom. The first-order valence-corrected chi connectivity index (χ1v) is 7.60. The molecule has 0 spiro atoms. The van der Waals surface area contributed by atoms with Gasteiger partial charge in [-0.05, 0) is 38.0 Å². The zero-order valence-electron chi connectivity index (χ0n) is 13.7. The van der Waals surface area contributed by atoms with Crippen molar-refractivity contribution in [2.24, 2.45) is 0 Å². The lowest BCUT2D eigenvalue weighted by molar-refractivity contribution is 0.0518. The zero-order chi connectivity index (χ0) is 17.3. The van der Waals surface area contributed by atoms with E-state index in [1.165, 1.54) is 6.07 Å². The number of hydrogen-bond acceptors (Lipinski definition) is 6. The van der Waals surface area contributed by atoms with Crippen LogP contribution in [0.15, 0.2) is 33.5 Å². The van der Waals surface area contributed by atoms with Crippen LogP contribution >= 0.6 is 0 Å². The van der Waals surface area contributed by atoms with Crippen molar-refractivity contribution < 1.29 is 13.9 Å². The van der Waals surface area contributed by atoms with Crippen LogP contribution in [0.3, 0.4) is 0 Å². The molecule has 0 N–H and O–H groups in total. The molecule has 0 bridgehead atoms. The lowest BCUT2D eigenvalue weighted by atomic mass is 10.1. The van der Waals surface area contributed by atoms with E-state index < -0.39 is 11.6 Å². The summed E-state index contributed by atoms with van der Waals surface area (Å²) in [7, 11) is 0. The molecule has 1 aromatic carbocycles. The molecule has 0 saturated carbocycles. The van der Waals surface area contributed by atoms with Crippen molar-refractivity contribution in [1.82, 2.24) is 15.0 Å². The number of esters is 1. The predicted octanol–water partition coefficient (Wildman–Crippen LogP) is 2.23. The molecule has 24 heavy (non-hydrogen) atoms. The van der Waals surface area contributed by atoms with Gasteiger partial charge in [0, 0.05) is 11.5 Å². The number of hydrogen-bond donors (Lipinski definition) is 0. The molecule has 0 aliphatic carbocycles. The van der Waals surface area contributed by atoms with Gasteiger partial charge in [-0.2, -0.15) is 0 Å². The Kier molecular flexibility index (Phi) is 4.16. The summed E-state index contributed by atoms with van der Waals surface area (Å²) in [5, 5.41) is 8.71. The summed E-state index contributed by atoms with van der Waals surface area (Å²) in [5.74, 6) is -0.505. The molecule has 0 fully saturated rings. The summed E-state index contributed by atoms with van der Waals surface area (Å²) in [5.41, 5.74) is 2.63. The summed E-state index contributed by atoms with van der Waals surface area (Å²) >= 11 is 0. The van der Waals surface area contributed by atoms with Gasteiger partial charge in [0.2, 0.25) is 0 Å². The highest BCUT2D eigenvalue weighted by Crippen LogP contribution is 2.20. The number of nitrogens with zero attached hydrogens (tertiary/aromatic N) is 3. The van der Waals surface area contributed by atoms with Gasteiger partial charge in [0.25, 0.3) is 0 Å². The van der Waals surface area contributed by atoms with Crippen molar-refractivity contribution in [3.8, 4) is 0 Å². The fraction of sp³-hybridized carbons (Fsp3) is 0.294. The Hall–Kier alpha value is -2.96. The zero-order valence-corrected chi connectivity index (χ0v) is 13.7. The highest BCUT2D eigenvalue weighted by atomic mass is 16.5. The van der Waals surface area contributed by atoms with E-state index in [1.807, 2.05) is 25.1 Å². The highest BCUT2D eigenvalue weighted by molar-refractivity contribution is 5.88. The topological polar surface area (TPSA) is 87.2 Å². The second kappa shape index (κ2) is 6.27. The normalized spacial score (nSPS) is 11.0. The van der Waals surface area contributed by atoms with Gasteiger partial charge in [-0.1, -0.05) is 17.3 Å². The fourth-order valence-corrected chi connectivity index (χ4v) is 2.53. The first-order chi connectivity index (χ1) is 11.5. The Balaban J connectivity index is 2.02. The first-order valence-electron chi connectivity index (χ1n) is 7.60. The molecular formula is C17H17N3O4. The van der Waals surface area contributed by atoms with Gasteiger partial charge in [0.1, 0.15) is 5.58 Å². The van der Waals surface area contributed by atoms with Crippen LogP contribution in [0, 0.1) is 13.8 Å². The minimum atomic E-state index is -0.505. The maximum Gasteiger partial charge on any atom is 0.360 e. The second-order valence-electron chi connectivity index (χ2n) is 5.49. The molecule has 0 aliphatic heterocycles. The number of aromatic nitrogens is 3. The Labute approximate surface area is 137 Å². The van der Waals surface area contributed by atoms with Crippen molar-refractivity contribution >= 4 is 16.9 Å². The largest absolute Gasteiger partial charge is 0.461 e. The van der Waals surface area contributed by atoms with E-state index >= 15 is 0 Å². The summed E-state index contributed by atoms with van der Waals surface area (Å²) in [4.78, 5) is 23.6. The summed E-state index contributed by atoms with van der Waals surface area (Å²) < 4.78 is 11.8. The van der Waals surface area contributed by atoms with Crippen LogP contribution < -0.4 is 5.63 Å². The third-order valence-corrected chi connectivity index (χ3v) is 3.76. The monoisotopic (exact) mass is 327 g/mol. The average molecular weight is 327 g/mol. The lowest BCUT2D eigenvalue weighted by Gasteiger charge is -2.07. The number of rotatable bonds is 4. The molecule has 0 amide bonds. The molecular weight excluding hydrogens is 310 g/mol. The van der Waals surface area contributed by atoms with E-state index in [9.17, 15) is 9.59 Å². The van der Waals surface area contributed by atoms with E-state index in [0.717, 1.165) is 16.5 Å². The van der Waals surface area contributed by atoms with Crippen LogP contribution in [0.25, 0.3) is 11.0 Å². The SMILES string of the molecule is CCOC(=O)c1nnn(Cc2cc(=O)oc3cc(C)ccc23)c1C. The average Bonchev–Trinajstić information content (AvgIpc) is 2.88. The molecule has 124 valence electrons. The molecule has 0 radical (unpaired) electrons. The van der Waals surface area contributed by atoms with Gasteiger partial charge < -0.3 is 9.15 Å². The van der Waals surface area contributed by atoms with Crippen LogP contribution in [0.2, 0.25) is 0 Å². The molecule has 7 nitrogen and oxygen atoms in total. The Morgan fingerprint density at radius 1 is 1.29 bits per heavy atom. The summed E-state index contributed by atoms with van der Waals surface area (Å²) in [6, 6.07) is 7.10. The van der Waals surface area contributed by atoms with Gasteiger partial charge in [-0.25, -0.2) is 14.3 Å². The number of carbonyl (C=O) groups is 1. The molecule has 2 heterocycles. The van der Waals surface area contributed by atoms with Crippen molar-refractivity contribution in [2.45, 2.75) is 27.3 Å². The van der Waals surface area contributed by atoms with Gasteiger partial charge in [0.15, 0.2) is 5.69 Å². The van der Waals surface area contributed by atoms with E-state index in [1.54, 1.807) is 18.5 Å². The molecule has 3 aromatic rings. The van der Waals surface area contributed by atoms with Crippen LogP contribution in [0.4, 0.5) is 0 Å². The third kappa shape index (κ3) is 2.92. The van der Waals surface area contributed by atoms with E-state index in [0.29, 0.717) is 17.8 Å². The smallest absolute Gasteiger partial charge is 0.360 e. The van der Waals surface area contributed by atoms with Gasteiger partial charge in [0.05, 0.1) is 18.8 Å². The standard InChI is InChI=1S/C17H17N3O4/c1-4-23-17(22)16-11(3)20(19-18-16)9-12-8-15(21)24-14-7-10(2)5-6-13(12)14/h5-8H,4,9H2,1-3H3. The van der Waals surface area contributed by atoms with Crippen molar-refractivity contribution in [3.63, 3.8) is 0 Å². The predicted molar refractivity (Wildman–Crippen MR) is 87.0 cm³/mol. The summed E-state index contributed by atoms with van der Waals surface area (Å²) in [6.45, 7) is 5.98. The Bertz CT molecular complexity index is 972. The second-order valence-corrected chi connectivity index (χ2v) is 5.49. The molecule has 3 rings (SSSR count). The number of benzene rings is 1. The van der Waals surface area contributed by atoms with E-state index in [4.69, 9.17) is 9.15 Å². The molecule has 0 atom stereocenters. The van der Waals surface area contributed by atoms with Crippen LogP contribution in [0.1, 0.15) is 34.2 Å². The summed E-state index contributed by atoms with van der Waals surface area (Å²) in [6.07, 6.45) is 0. The van der Waals surface area contributed by atoms with E-state index in [-0.39, 0.29) is 12.3 Å². The molecule has 2 aromatic heterocycles. The fourth-order valence-electron chi connectivity index (χ4n) is 2.53. The van der Waals surface area contributed by atoms with E-state index in [2.05, 4.69) is 10.3 Å². The number of ether oxygens (including phenoxy) is 1. The third-order valence-electron chi connectivity index (χ3n) is 3.76. The quantitative estimate of drug-likeness (QED) is 0.539. The Morgan fingerprint density at radius 3 is 2.83 bits per heavy atom. The number of carbonyl (C=O) groups excluding carboxylic acids is 1. The molecule has 0 unspecified atom stereocenters. The first kappa shape index (κ1) is 15.9. The van der Waals surface area contributed by atoms with Gasteiger partial charge in [-0.3, -0.25) is 0 Å². The van der Waals surface area contributed by atoms with Crippen molar-refractivity contribution in [1.29, 1.82) is 0 Å². The van der Waals surface area contributed by atoms with Gasteiger partial charge >= 0.3 is 11.6 Å². The maximum atomic E-state index is 11.8. The van der Waals surface area contributed by atoms with Gasteiger partial charge in [-0.15, -0.1) is 5.10 Å². The number of fused-ring (bicyclic) bond motifs is 1. The van der Waals surface area contributed by atoms with Crippen LogP contribution in [0.5, 0.6) is 0 Å². The minimum absolute atomic E-state index is 0.181. The molecule has 0 aliphatic rings. The van der Waals surface area contributed by atoms with Crippen molar-refractivity contribution in [2.75, 3.05) is 6.61 Å². The lowest BCUT2D eigenvalue weighted by Crippen LogP contribution is -2.10. The molecule has 0 saturated heterocycles. The number of aryl methyl sites for hydroxylation is 1. The maximum absolute atomic E-state index is 11.8. The molecule has 7 heteroatoms. The van der Waals surface area contributed by atoms with Crippen molar-refractivity contribution in [3.05, 3.63) is 57.2 Å².